The second-order valence-corrected chi connectivity index (χ2v) is 8.18. The van der Waals surface area contributed by atoms with Gasteiger partial charge in [0.25, 0.3) is 17.5 Å². The van der Waals surface area contributed by atoms with E-state index in [1.165, 1.54) is 36.7 Å². The number of nitro groups is 1. The predicted octanol–water partition coefficient (Wildman–Crippen LogP) is 3.09. The lowest BCUT2D eigenvalue weighted by Crippen LogP contribution is -2.41. The van der Waals surface area contributed by atoms with E-state index in [0.29, 0.717) is 47.4 Å². The van der Waals surface area contributed by atoms with Gasteiger partial charge in [-0.25, -0.2) is 5.43 Å². The molecule has 0 atom stereocenters. The maximum atomic E-state index is 12.7. The molecule has 3 aromatic rings. The fourth-order valence-electron chi connectivity index (χ4n) is 3.72. The lowest BCUT2D eigenvalue weighted by molar-refractivity contribution is -0.384. The molecule has 36 heavy (non-hydrogen) atoms. The van der Waals surface area contributed by atoms with Crippen LogP contribution < -0.4 is 16.3 Å². The van der Waals surface area contributed by atoms with Crippen molar-refractivity contribution in [2.75, 3.05) is 0 Å². The minimum absolute atomic E-state index is 0.00396. The summed E-state index contributed by atoms with van der Waals surface area (Å²) in [6.45, 7) is 1.67. The van der Waals surface area contributed by atoms with Crippen LogP contribution in [0.5, 0.6) is 0 Å². The topological polar surface area (TPSA) is 169 Å². The molecule has 3 amide bonds. The Balaban J connectivity index is 1.49. The van der Waals surface area contributed by atoms with E-state index in [1.54, 1.807) is 6.92 Å². The van der Waals surface area contributed by atoms with Crippen molar-refractivity contribution < 1.29 is 23.7 Å². The van der Waals surface area contributed by atoms with Gasteiger partial charge in [-0.2, -0.15) is 5.10 Å². The van der Waals surface area contributed by atoms with Gasteiger partial charge in [0.05, 0.1) is 10.6 Å². The molecule has 2 heterocycles. The van der Waals surface area contributed by atoms with E-state index < -0.39 is 28.3 Å². The Kier molecular flexibility index (Phi) is 7.06. The maximum absolute atomic E-state index is 12.7. The summed E-state index contributed by atoms with van der Waals surface area (Å²) >= 11 is 5.80. The third-order valence-electron chi connectivity index (χ3n) is 5.46. The van der Waals surface area contributed by atoms with Crippen molar-refractivity contribution in [3.05, 3.63) is 91.6 Å². The van der Waals surface area contributed by atoms with Crippen LogP contribution in [0.15, 0.2) is 52.2 Å². The van der Waals surface area contributed by atoms with Gasteiger partial charge in [-0.1, -0.05) is 11.6 Å². The van der Waals surface area contributed by atoms with E-state index in [1.807, 2.05) is 0 Å². The van der Waals surface area contributed by atoms with E-state index in [9.17, 15) is 24.5 Å². The number of carbonyl (C=O) groups excluding carboxylic acids is 3. The number of halogens is 1. The summed E-state index contributed by atoms with van der Waals surface area (Å²) in [5.41, 5.74) is 8.56. The normalized spacial score (nSPS) is 13.6. The molecule has 3 N–H and O–H groups in total. The molecule has 0 unspecified atom stereocenters. The zero-order chi connectivity index (χ0) is 25.8. The van der Waals surface area contributed by atoms with Crippen LogP contribution in [-0.2, 0) is 6.42 Å². The van der Waals surface area contributed by atoms with Crippen LogP contribution in [-0.4, -0.2) is 33.3 Å². The first-order valence-corrected chi connectivity index (χ1v) is 11.1. The molecular formula is C23H19ClN6O6. The van der Waals surface area contributed by atoms with Crippen LogP contribution >= 0.6 is 11.6 Å². The summed E-state index contributed by atoms with van der Waals surface area (Å²) in [7, 11) is 0. The molecule has 1 aliphatic rings. The standard InChI is InChI=1S/C23H19ClN6O6/c1-12-19-16(26-27-22(32)14-5-6-15(24)17(11-14)30(34)35)3-2-4-18(19)36-20(12)23(33)29-28-21(31)13-7-9-25-10-8-13/h5-11H,2-4H2,1H3,(H,27,32)(H,28,31)(H,29,33)/b26-16+. The second kappa shape index (κ2) is 10.4. The summed E-state index contributed by atoms with van der Waals surface area (Å²) in [5.74, 6) is -1.30. The number of hydrogen-bond donors (Lipinski definition) is 3. The van der Waals surface area contributed by atoms with Crippen LogP contribution in [0, 0.1) is 17.0 Å². The number of furan rings is 1. The van der Waals surface area contributed by atoms with Gasteiger partial charge in [-0.15, -0.1) is 0 Å². The Morgan fingerprint density at radius 3 is 2.50 bits per heavy atom. The SMILES string of the molecule is Cc1c(C(=O)NNC(=O)c2ccncc2)oc2c1/C(=N/NC(=O)c1ccc(Cl)c([N+](=O)[O-])c1)CCC2. The third kappa shape index (κ3) is 5.08. The molecule has 2 aromatic heterocycles. The van der Waals surface area contributed by atoms with Crippen LogP contribution in [0.4, 0.5) is 5.69 Å². The van der Waals surface area contributed by atoms with E-state index in [0.717, 1.165) is 6.07 Å². The number of hydrazine groups is 1. The van der Waals surface area contributed by atoms with E-state index in [2.05, 4.69) is 26.4 Å². The van der Waals surface area contributed by atoms with Crippen molar-refractivity contribution in [3.63, 3.8) is 0 Å². The molecule has 1 aromatic carbocycles. The number of nitrogens with one attached hydrogen (secondary N) is 3. The summed E-state index contributed by atoms with van der Waals surface area (Å²) in [4.78, 5) is 51.6. The molecule has 0 saturated heterocycles. The summed E-state index contributed by atoms with van der Waals surface area (Å²) < 4.78 is 5.76. The predicted molar refractivity (Wildman–Crippen MR) is 128 cm³/mol. The molecule has 0 spiro atoms. The minimum Gasteiger partial charge on any atom is -0.455 e. The van der Waals surface area contributed by atoms with Crippen molar-refractivity contribution in [2.24, 2.45) is 5.10 Å². The van der Waals surface area contributed by atoms with Crippen molar-refractivity contribution >= 4 is 40.7 Å². The molecule has 0 aliphatic heterocycles. The maximum Gasteiger partial charge on any atom is 0.305 e. The highest BCUT2D eigenvalue weighted by atomic mass is 35.5. The van der Waals surface area contributed by atoms with Gasteiger partial charge in [-0.05, 0) is 44.0 Å². The summed E-state index contributed by atoms with van der Waals surface area (Å²) in [6.07, 6.45) is 4.64. The molecular weight excluding hydrogens is 492 g/mol. The number of pyridine rings is 1. The Hall–Kier alpha value is -4.58. The molecule has 1 aliphatic carbocycles. The van der Waals surface area contributed by atoms with Crippen LogP contribution in [0.2, 0.25) is 5.02 Å². The lowest BCUT2D eigenvalue weighted by Gasteiger charge is -2.13. The molecule has 13 heteroatoms. The van der Waals surface area contributed by atoms with Crippen LogP contribution in [0.25, 0.3) is 0 Å². The fourth-order valence-corrected chi connectivity index (χ4v) is 3.91. The highest BCUT2D eigenvalue weighted by molar-refractivity contribution is 6.32. The van der Waals surface area contributed by atoms with Crippen molar-refractivity contribution in [1.82, 2.24) is 21.3 Å². The van der Waals surface area contributed by atoms with E-state index >= 15 is 0 Å². The molecule has 12 nitrogen and oxygen atoms in total. The Labute approximate surface area is 208 Å². The fraction of sp³-hybridized carbons (Fsp3) is 0.174. The van der Waals surface area contributed by atoms with Gasteiger partial charge in [0.15, 0.2) is 5.76 Å². The number of nitrogens with zero attached hydrogens (tertiary/aromatic N) is 3. The van der Waals surface area contributed by atoms with Crippen molar-refractivity contribution in [3.8, 4) is 0 Å². The quantitative estimate of drug-likeness (QED) is 0.350. The number of benzene rings is 1. The Bertz CT molecular complexity index is 1400. The zero-order valence-corrected chi connectivity index (χ0v) is 19.6. The van der Waals surface area contributed by atoms with E-state index in [4.69, 9.17) is 16.0 Å². The van der Waals surface area contributed by atoms with Gasteiger partial charge < -0.3 is 4.42 Å². The Morgan fingerprint density at radius 1 is 1.06 bits per heavy atom. The van der Waals surface area contributed by atoms with Gasteiger partial charge in [0.2, 0.25) is 0 Å². The number of aromatic nitrogens is 1. The van der Waals surface area contributed by atoms with Gasteiger partial charge in [-0.3, -0.25) is 40.3 Å². The number of nitro benzene ring substituents is 1. The molecule has 0 fully saturated rings. The van der Waals surface area contributed by atoms with Crippen molar-refractivity contribution in [1.29, 1.82) is 0 Å². The molecule has 184 valence electrons. The first-order valence-electron chi connectivity index (χ1n) is 10.7. The largest absolute Gasteiger partial charge is 0.455 e. The number of fused-ring (bicyclic) bond motifs is 1. The van der Waals surface area contributed by atoms with Gasteiger partial charge in [0.1, 0.15) is 10.8 Å². The average Bonchev–Trinajstić information content (AvgIpc) is 3.23. The molecule has 4 rings (SSSR count). The van der Waals surface area contributed by atoms with Gasteiger partial charge >= 0.3 is 5.91 Å². The number of aryl methyl sites for hydroxylation is 1. The summed E-state index contributed by atoms with van der Waals surface area (Å²) in [5, 5.41) is 15.2. The van der Waals surface area contributed by atoms with Crippen LogP contribution in [0.3, 0.4) is 0 Å². The number of amides is 3. The average molecular weight is 511 g/mol. The Morgan fingerprint density at radius 2 is 1.78 bits per heavy atom. The molecule has 0 saturated carbocycles. The highest BCUT2D eigenvalue weighted by Gasteiger charge is 2.28. The number of hydrogen-bond acceptors (Lipinski definition) is 8. The molecule has 0 radical (unpaired) electrons. The molecule has 0 bridgehead atoms. The van der Waals surface area contributed by atoms with Crippen molar-refractivity contribution in [2.45, 2.75) is 26.2 Å². The van der Waals surface area contributed by atoms with E-state index in [-0.39, 0.29) is 16.3 Å². The lowest BCUT2D eigenvalue weighted by atomic mass is 9.93. The minimum atomic E-state index is -0.681. The smallest absolute Gasteiger partial charge is 0.305 e. The third-order valence-corrected chi connectivity index (χ3v) is 5.78. The van der Waals surface area contributed by atoms with Gasteiger partial charge in [0, 0.05) is 47.1 Å². The van der Waals surface area contributed by atoms with Crippen LogP contribution in [0.1, 0.15) is 61.0 Å². The zero-order valence-electron chi connectivity index (χ0n) is 18.8. The highest BCUT2D eigenvalue weighted by Crippen LogP contribution is 2.30. The first-order chi connectivity index (χ1) is 17.3. The number of carbonyl (C=O) groups is 3. The number of rotatable bonds is 5. The summed E-state index contributed by atoms with van der Waals surface area (Å²) in [6, 6.07) is 6.67. The number of hydrazone groups is 1. The second-order valence-electron chi connectivity index (χ2n) is 7.77. The monoisotopic (exact) mass is 510 g/mol. The first kappa shape index (κ1) is 24.5.